The van der Waals surface area contributed by atoms with Gasteiger partial charge in [-0.15, -0.1) is 34.9 Å². The molecule has 35 heavy (non-hydrogen) atoms. The minimum Gasteiger partial charge on any atom is -0.512 e. The number of pyridine rings is 1. The van der Waals surface area contributed by atoms with Gasteiger partial charge in [0.15, 0.2) is 5.78 Å². The van der Waals surface area contributed by atoms with Crippen molar-refractivity contribution in [2.75, 3.05) is 0 Å². The Morgan fingerprint density at radius 1 is 0.943 bits per heavy atom. The number of aryl methyl sites for hydroxylation is 2. The summed E-state index contributed by atoms with van der Waals surface area (Å²) in [6, 6.07) is 14.8. The number of aromatic nitrogens is 1. The Morgan fingerprint density at radius 2 is 1.51 bits per heavy atom. The molecule has 0 fully saturated rings. The first kappa shape index (κ1) is 28.9. The van der Waals surface area contributed by atoms with E-state index in [1.807, 2.05) is 6.20 Å². The average Bonchev–Trinajstić information content (AvgIpc) is 2.79. The van der Waals surface area contributed by atoms with E-state index in [2.05, 4.69) is 91.8 Å². The van der Waals surface area contributed by atoms with Crippen molar-refractivity contribution in [2.45, 2.75) is 80.1 Å². The number of ketones is 1. The Balaban J connectivity index is 0.000000476. The van der Waals surface area contributed by atoms with Crippen LogP contribution in [0.4, 0.5) is 0 Å². The van der Waals surface area contributed by atoms with Crippen LogP contribution in [-0.4, -0.2) is 15.9 Å². The average molecular weight is 649 g/mol. The van der Waals surface area contributed by atoms with Crippen LogP contribution >= 0.6 is 0 Å². The first-order valence-electron chi connectivity index (χ1n) is 11.9. The third kappa shape index (κ3) is 5.15. The van der Waals surface area contributed by atoms with E-state index in [1.165, 1.54) is 47.4 Å². The molecule has 1 N–H and O–H groups in total. The Hall–Kier alpha value is -2.29. The van der Waals surface area contributed by atoms with Gasteiger partial charge in [0.05, 0.1) is 5.76 Å². The van der Waals surface area contributed by atoms with Crippen molar-refractivity contribution in [3.05, 3.63) is 76.7 Å². The van der Waals surface area contributed by atoms with Gasteiger partial charge in [-0.2, -0.15) is 0 Å². The normalized spacial score (nSPS) is 17.1. The van der Waals surface area contributed by atoms with Gasteiger partial charge in [0, 0.05) is 32.4 Å². The Labute approximate surface area is 224 Å². The molecule has 0 saturated heterocycles. The number of aliphatic hydroxyl groups is 1. The molecule has 0 bridgehead atoms. The third-order valence-corrected chi connectivity index (χ3v) is 8.19. The fraction of sp³-hybridized carbons (Fsp3) is 0.419. The molecule has 1 radical (unpaired) electrons. The van der Waals surface area contributed by atoms with Crippen LogP contribution in [0.15, 0.2) is 48.4 Å². The Kier molecular flexibility index (Phi) is 8.26. The monoisotopic (exact) mass is 649 g/mol. The number of allylic oxidation sites excluding steroid dienone is 2. The van der Waals surface area contributed by atoms with E-state index < -0.39 is 0 Å². The zero-order chi connectivity index (χ0) is 25.6. The molecule has 3 nitrogen and oxygen atoms in total. The summed E-state index contributed by atoms with van der Waals surface area (Å²) in [4.78, 5) is 14.8. The number of carbonyl (C=O) groups is 1. The van der Waals surface area contributed by atoms with Crippen LogP contribution in [0, 0.1) is 25.3 Å². The molecule has 0 atom stereocenters. The Bertz CT molecular complexity index is 1270. The summed E-state index contributed by atoms with van der Waals surface area (Å²) in [5.74, 6) is -0.0625. The topological polar surface area (TPSA) is 50.2 Å². The van der Waals surface area contributed by atoms with Gasteiger partial charge >= 0.3 is 0 Å². The van der Waals surface area contributed by atoms with E-state index in [0.29, 0.717) is 0 Å². The van der Waals surface area contributed by atoms with Crippen LogP contribution in [0.1, 0.15) is 77.6 Å². The number of hydrogen-bond acceptors (Lipinski definition) is 3. The third-order valence-electron chi connectivity index (χ3n) is 8.19. The summed E-state index contributed by atoms with van der Waals surface area (Å²) in [5.41, 5.74) is 7.87. The van der Waals surface area contributed by atoms with Crippen LogP contribution in [0.25, 0.3) is 22.0 Å². The van der Waals surface area contributed by atoms with Crippen molar-refractivity contribution in [1.82, 2.24) is 4.98 Å². The number of nitrogens with zero attached hydrogens (tertiary/aromatic N) is 1. The van der Waals surface area contributed by atoms with Crippen molar-refractivity contribution < 1.29 is 30.0 Å². The van der Waals surface area contributed by atoms with Crippen LogP contribution < -0.4 is 0 Å². The zero-order valence-electron chi connectivity index (χ0n) is 22.7. The molecule has 0 saturated carbocycles. The molecule has 0 amide bonds. The van der Waals surface area contributed by atoms with Gasteiger partial charge in [-0.3, -0.25) is 4.79 Å². The van der Waals surface area contributed by atoms with Gasteiger partial charge in [0.25, 0.3) is 0 Å². The van der Waals surface area contributed by atoms with Crippen LogP contribution in [0.2, 0.25) is 0 Å². The maximum Gasteiger partial charge on any atom is 0.155 e. The first-order valence-corrected chi connectivity index (χ1v) is 11.9. The van der Waals surface area contributed by atoms with Crippen molar-refractivity contribution in [3.8, 4) is 11.3 Å². The van der Waals surface area contributed by atoms with Crippen molar-refractivity contribution in [3.63, 3.8) is 0 Å². The van der Waals surface area contributed by atoms with E-state index in [0.717, 1.165) is 16.8 Å². The molecule has 0 unspecified atom stereocenters. The smallest absolute Gasteiger partial charge is 0.155 e. The number of aliphatic hydroxyl groups excluding tert-OH is 1. The maximum absolute atomic E-state index is 10.0. The van der Waals surface area contributed by atoms with Crippen molar-refractivity contribution in [2.24, 2.45) is 5.41 Å². The van der Waals surface area contributed by atoms with E-state index >= 15 is 0 Å². The number of carbonyl (C=O) groups excluding carboxylic acids is 1. The van der Waals surface area contributed by atoms with E-state index in [9.17, 15) is 4.79 Å². The van der Waals surface area contributed by atoms with Crippen LogP contribution in [0.3, 0.4) is 0 Å². The second-order valence-corrected chi connectivity index (χ2v) is 11.3. The summed E-state index contributed by atoms with van der Waals surface area (Å²) in [5, 5.41) is 10.9. The summed E-state index contributed by atoms with van der Waals surface area (Å²) in [6.07, 6.45) is 3.10. The minimum absolute atomic E-state index is 0. The fourth-order valence-corrected chi connectivity index (χ4v) is 5.24. The molecular formula is C31H38IrNO2-. The molecule has 1 aliphatic carbocycles. The first-order chi connectivity index (χ1) is 15.6. The van der Waals surface area contributed by atoms with Gasteiger partial charge in [-0.05, 0) is 63.8 Å². The molecule has 0 aliphatic heterocycles. The molecule has 1 aromatic heterocycles. The van der Waals surface area contributed by atoms with E-state index in [1.54, 1.807) is 0 Å². The number of hydrogen-bond donors (Lipinski definition) is 1. The summed E-state index contributed by atoms with van der Waals surface area (Å²) in [7, 11) is 0. The molecule has 189 valence electrons. The summed E-state index contributed by atoms with van der Waals surface area (Å²) in [6.45, 7) is 21.5. The van der Waals surface area contributed by atoms with Crippen molar-refractivity contribution >= 4 is 16.6 Å². The zero-order valence-corrected chi connectivity index (χ0v) is 25.1. The van der Waals surface area contributed by atoms with Gasteiger partial charge in [-0.1, -0.05) is 67.5 Å². The largest absolute Gasteiger partial charge is 0.512 e. The predicted octanol–water partition coefficient (Wildman–Crippen LogP) is 7.95. The van der Waals surface area contributed by atoms with E-state index in [4.69, 9.17) is 10.1 Å². The SMILES string of the molecule is CC(=O)C=C(C)O.Cc1[c-]c(-c2nccc3cc4c(cc23)C(C)(C)C(C)(C)C4(C)C)cc(C)c1.[Ir]. The standard InChI is InChI=1S/C26H30N.C5H8O2.Ir/c1-16-11-17(2)13-19(12-16)23-20-15-22-21(14-18(20)9-10-27-23)24(3,4)26(7,8)25(22,5)6;1-4(6)3-5(2)7;/h9-12,14-15H,1-8H3;3,6H,1-2H3;/q-1;;. The molecule has 4 heteroatoms. The number of fused-ring (bicyclic) bond motifs is 2. The predicted molar refractivity (Wildman–Crippen MR) is 142 cm³/mol. The van der Waals surface area contributed by atoms with Crippen LogP contribution in [-0.2, 0) is 35.7 Å². The minimum atomic E-state index is -0.125. The molecule has 1 heterocycles. The van der Waals surface area contributed by atoms with E-state index in [-0.39, 0.29) is 47.9 Å². The van der Waals surface area contributed by atoms with Crippen LogP contribution in [0.5, 0.6) is 0 Å². The summed E-state index contributed by atoms with van der Waals surface area (Å²) >= 11 is 0. The van der Waals surface area contributed by atoms with Gasteiger partial charge < -0.3 is 10.1 Å². The fourth-order valence-electron chi connectivity index (χ4n) is 5.24. The quantitative estimate of drug-likeness (QED) is 0.174. The molecule has 2 aromatic carbocycles. The van der Waals surface area contributed by atoms with Gasteiger partial charge in [0.2, 0.25) is 0 Å². The molecule has 4 rings (SSSR count). The molecule has 3 aromatic rings. The van der Waals surface area contributed by atoms with Crippen molar-refractivity contribution in [1.29, 1.82) is 0 Å². The second kappa shape index (κ2) is 9.99. The maximum atomic E-state index is 10.0. The second-order valence-electron chi connectivity index (χ2n) is 11.3. The molecular weight excluding hydrogens is 611 g/mol. The Morgan fingerprint density at radius 3 is 2.00 bits per heavy atom. The number of benzene rings is 2. The molecule has 1 aliphatic rings. The molecule has 0 spiro atoms. The summed E-state index contributed by atoms with van der Waals surface area (Å²) < 4.78 is 0. The number of rotatable bonds is 2. The van der Waals surface area contributed by atoms with Gasteiger partial charge in [-0.25, -0.2) is 0 Å². The van der Waals surface area contributed by atoms with Gasteiger partial charge in [0.1, 0.15) is 0 Å².